The van der Waals surface area contributed by atoms with Crippen molar-refractivity contribution in [1.29, 1.82) is 0 Å². The maximum atomic E-state index is 12.9. The Morgan fingerprint density at radius 3 is 2.62 bits per heavy atom. The van der Waals surface area contributed by atoms with Crippen LogP contribution in [0.4, 0.5) is 0 Å². The highest BCUT2D eigenvalue weighted by Gasteiger charge is 2.14. The van der Waals surface area contributed by atoms with Crippen LogP contribution in [0.15, 0.2) is 65.6 Å². The van der Waals surface area contributed by atoms with Gasteiger partial charge in [0.2, 0.25) is 0 Å². The van der Waals surface area contributed by atoms with Crippen molar-refractivity contribution in [2.45, 2.75) is 26.2 Å². The van der Waals surface area contributed by atoms with Crippen LogP contribution in [0, 0.1) is 0 Å². The van der Waals surface area contributed by atoms with Gasteiger partial charge in [-0.3, -0.25) is 9.89 Å². The van der Waals surface area contributed by atoms with Gasteiger partial charge in [0.1, 0.15) is 0 Å². The molecule has 0 bridgehead atoms. The van der Waals surface area contributed by atoms with E-state index in [2.05, 4.69) is 23.1 Å². The number of allylic oxidation sites excluding steroid dienone is 1. The smallest absolute Gasteiger partial charge is 0.280 e. The van der Waals surface area contributed by atoms with Gasteiger partial charge in [-0.2, -0.15) is 0 Å². The minimum absolute atomic E-state index is 0.0831. The highest BCUT2D eigenvalue weighted by Crippen LogP contribution is 2.21. The van der Waals surface area contributed by atoms with Crippen LogP contribution in [0.2, 0.25) is 0 Å². The highest BCUT2D eigenvalue weighted by atomic mass is 16.1. The molecule has 3 aromatic rings. The van der Waals surface area contributed by atoms with Gasteiger partial charge >= 0.3 is 0 Å². The van der Waals surface area contributed by atoms with E-state index in [9.17, 15) is 4.79 Å². The molecule has 0 amide bonds. The predicted octanol–water partition coefficient (Wildman–Crippen LogP) is 4.43. The molecule has 3 rings (SSSR count). The number of nitrogens with zero attached hydrogens (tertiary/aromatic N) is 2. The lowest BCUT2D eigenvalue weighted by Gasteiger charge is -2.00. The summed E-state index contributed by atoms with van der Waals surface area (Å²) in [4.78, 5) is 17.1. The molecule has 0 unspecified atom stereocenters. The van der Waals surface area contributed by atoms with E-state index < -0.39 is 0 Å². The van der Waals surface area contributed by atoms with Crippen LogP contribution in [0.1, 0.15) is 31.7 Å². The molecular formula is C20H21N3O. The van der Waals surface area contributed by atoms with Gasteiger partial charge < -0.3 is 0 Å². The molecule has 2 heterocycles. The Kier molecular flexibility index (Phi) is 5.06. The molecule has 2 aromatic heterocycles. The summed E-state index contributed by atoms with van der Waals surface area (Å²) >= 11 is 0. The highest BCUT2D eigenvalue weighted by molar-refractivity contribution is 5.71. The fraction of sp³-hybridized carbons (Fsp3) is 0.200. The summed E-state index contributed by atoms with van der Waals surface area (Å²) in [6, 6.07) is 15.4. The second kappa shape index (κ2) is 7.59. The van der Waals surface area contributed by atoms with Gasteiger partial charge in [0.15, 0.2) is 5.82 Å². The van der Waals surface area contributed by atoms with Gasteiger partial charge in [-0.15, -0.1) is 0 Å². The Hall–Kier alpha value is -2.88. The molecule has 4 heteroatoms. The first kappa shape index (κ1) is 16.0. The molecule has 4 nitrogen and oxygen atoms in total. The van der Waals surface area contributed by atoms with Crippen molar-refractivity contribution < 1.29 is 0 Å². The molecule has 0 radical (unpaired) electrons. The molecule has 0 atom stereocenters. The van der Waals surface area contributed by atoms with Crippen LogP contribution in [0.3, 0.4) is 0 Å². The maximum Gasteiger partial charge on any atom is 0.280 e. The van der Waals surface area contributed by atoms with Crippen molar-refractivity contribution >= 4 is 6.08 Å². The normalized spacial score (nSPS) is 11.2. The largest absolute Gasteiger partial charge is 0.288 e. The number of benzene rings is 1. The minimum Gasteiger partial charge on any atom is -0.288 e. The van der Waals surface area contributed by atoms with Crippen molar-refractivity contribution in [1.82, 2.24) is 14.8 Å². The number of pyridine rings is 1. The minimum atomic E-state index is -0.0831. The molecular weight excluding hydrogens is 298 g/mol. The zero-order chi connectivity index (χ0) is 16.8. The number of H-pyrrole nitrogens is 1. The SMILES string of the molecule is CCCC/C=C/c1c(-c2ccccc2)[nH]n(-c2ccccn2)c1=O. The third-order valence-electron chi connectivity index (χ3n) is 3.88. The van der Waals surface area contributed by atoms with Crippen LogP contribution in [-0.2, 0) is 0 Å². The molecule has 0 saturated carbocycles. The third-order valence-corrected chi connectivity index (χ3v) is 3.88. The van der Waals surface area contributed by atoms with Gasteiger partial charge in [-0.1, -0.05) is 68.3 Å². The van der Waals surface area contributed by atoms with E-state index >= 15 is 0 Å². The van der Waals surface area contributed by atoms with Gasteiger partial charge in [0.05, 0.1) is 11.3 Å². The zero-order valence-corrected chi connectivity index (χ0v) is 13.8. The van der Waals surface area contributed by atoms with Gasteiger partial charge in [0, 0.05) is 11.8 Å². The van der Waals surface area contributed by atoms with Gasteiger partial charge in [0.25, 0.3) is 5.56 Å². The Morgan fingerprint density at radius 1 is 1.12 bits per heavy atom. The molecule has 122 valence electrons. The van der Waals surface area contributed by atoms with E-state index in [1.54, 1.807) is 6.20 Å². The molecule has 0 aliphatic carbocycles. The number of unbranched alkanes of at least 4 members (excludes halogenated alkanes) is 2. The Morgan fingerprint density at radius 2 is 1.92 bits per heavy atom. The quantitative estimate of drug-likeness (QED) is 0.683. The van der Waals surface area contributed by atoms with Crippen LogP contribution < -0.4 is 5.56 Å². The van der Waals surface area contributed by atoms with Crippen molar-refractivity contribution in [3.63, 3.8) is 0 Å². The summed E-state index contributed by atoms with van der Waals surface area (Å²) in [6.07, 6.45) is 8.91. The van der Waals surface area contributed by atoms with E-state index in [1.165, 1.54) is 4.68 Å². The number of hydrogen-bond donors (Lipinski definition) is 1. The van der Waals surface area contributed by atoms with Gasteiger partial charge in [-0.05, 0) is 18.6 Å². The van der Waals surface area contributed by atoms with Crippen molar-refractivity contribution in [3.8, 4) is 17.1 Å². The molecule has 0 fully saturated rings. The lowest BCUT2D eigenvalue weighted by atomic mass is 10.1. The number of hydrogen-bond acceptors (Lipinski definition) is 2. The predicted molar refractivity (Wildman–Crippen MR) is 98.2 cm³/mol. The average molecular weight is 319 g/mol. The molecule has 0 aliphatic heterocycles. The average Bonchev–Trinajstić information content (AvgIpc) is 2.97. The van der Waals surface area contributed by atoms with Crippen molar-refractivity contribution in [2.24, 2.45) is 0 Å². The first-order valence-electron chi connectivity index (χ1n) is 8.29. The third kappa shape index (κ3) is 3.38. The summed E-state index contributed by atoms with van der Waals surface area (Å²) in [6.45, 7) is 2.16. The molecule has 0 aliphatic rings. The first-order valence-corrected chi connectivity index (χ1v) is 8.29. The monoisotopic (exact) mass is 319 g/mol. The number of aromatic amines is 1. The molecule has 0 spiro atoms. The van der Waals surface area contributed by atoms with Crippen LogP contribution in [0.5, 0.6) is 0 Å². The molecule has 0 saturated heterocycles. The van der Waals surface area contributed by atoms with E-state index in [4.69, 9.17) is 0 Å². The van der Waals surface area contributed by atoms with E-state index in [1.807, 2.05) is 54.6 Å². The standard InChI is InChI=1S/C20H21N3O/c1-2-3-4-8-13-17-19(16-11-6-5-7-12-16)22-23(20(17)24)18-14-9-10-15-21-18/h5-15,22H,2-4H2,1H3/b13-8+. The molecule has 24 heavy (non-hydrogen) atoms. The number of aromatic nitrogens is 3. The fourth-order valence-corrected chi connectivity index (χ4v) is 2.60. The van der Waals surface area contributed by atoms with Crippen LogP contribution in [-0.4, -0.2) is 14.8 Å². The van der Waals surface area contributed by atoms with E-state index in [0.717, 1.165) is 30.5 Å². The second-order valence-corrected chi connectivity index (χ2v) is 5.64. The first-order chi connectivity index (χ1) is 11.8. The van der Waals surface area contributed by atoms with E-state index in [-0.39, 0.29) is 5.56 Å². The summed E-state index contributed by atoms with van der Waals surface area (Å²) < 4.78 is 1.50. The number of rotatable bonds is 6. The molecule has 1 aromatic carbocycles. The summed E-state index contributed by atoms with van der Waals surface area (Å²) in [7, 11) is 0. The Bertz CT molecular complexity index is 861. The summed E-state index contributed by atoms with van der Waals surface area (Å²) in [5.41, 5.74) is 2.39. The van der Waals surface area contributed by atoms with Crippen LogP contribution in [0.25, 0.3) is 23.2 Å². The number of nitrogens with one attached hydrogen (secondary N) is 1. The molecule has 1 N–H and O–H groups in total. The summed E-state index contributed by atoms with van der Waals surface area (Å²) in [5.74, 6) is 0.591. The van der Waals surface area contributed by atoms with Crippen molar-refractivity contribution in [3.05, 3.63) is 76.7 Å². The summed E-state index contributed by atoms with van der Waals surface area (Å²) in [5, 5.41) is 3.21. The lowest BCUT2D eigenvalue weighted by molar-refractivity contribution is 0.816. The maximum absolute atomic E-state index is 12.9. The topological polar surface area (TPSA) is 50.7 Å². The Labute approximate surface area is 141 Å². The lowest BCUT2D eigenvalue weighted by Crippen LogP contribution is -2.16. The Balaban J connectivity index is 2.09. The van der Waals surface area contributed by atoms with E-state index in [0.29, 0.717) is 11.4 Å². The van der Waals surface area contributed by atoms with Crippen LogP contribution >= 0.6 is 0 Å². The van der Waals surface area contributed by atoms with Crippen molar-refractivity contribution in [2.75, 3.05) is 0 Å². The zero-order valence-electron chi connectivity index (χ0n) is 13.8. The fourth-order valence-electron chi connectivity index (χ4n) is 2.60. The second-order valence-electron chi connectivity index (χ2n) is 5.64. The van der Waals surface area contributed by atoms with Gasteiger partial charge in [-0.25, -0.2) is 9.67 Å².